The van der Waals surface area contributed by atoms with Gasteiger partial charge in [0.05, 0.1) is 21.4 Å². The third kappa shape index (κ3) is 2.95. The zero-order chi connectivity index (χ0) is 16.7. The Labute approximate surface area is 145 Å². The molecule has 0 unspecified atom stereocenters. The van der Waals surface area contributed by atoms with Crippen molar-refractivity contribution in [2.24, 2.45) is 0 Å². The van der Waals surface area contributed by atoms with Gasteiger partial charge in [-0.3, -0.25) is 15.2 Å². The summed E-state index contributed by atoms with van der Waals surface area (Å²) in [5, 5.41) is 22.9. The van der Waals surface area contributed by atoms with E-state index in [1.807, 2.05) is 6.07 Å². The topological polar surface area (TPSA) is 110 Å². The Kier molecular flexibility index (Phi) is 3.66. The molecular formula is C14H11ClN6O2S. The van der Waals surface area contributed by atoms with Crippen molar-refractivity contribution in [2.75, 3.05) is 5.32 Å². The van der Waals surface area contributed by atoms with Crippen LogP contribution in [-0.2, 0) is 0 Å². The second kappa shape index (κ2) is 5.84. The highest BCUT2D eigenvalue weighted by Gasteiger charge is 2.25. The standard InChI is InChI=1S/C14H11ClN6O2S/c15-9-5-16-14(11-3-8(6-24-11)21(22)23)18-13(9)17-12-4-10(19-20-12)7-1-2-7/h3-7H,1-2H2,(H2,16,17,18,19,20). The average Bonchev–Trinajstić information content (AvgIpc) is 3.10. The first-order valence-electron chi connectivity index (χ1n) is 7.18. The van der Waals surface area contributed by atoms with E-state index in [1.54, 1.807) is 0 Å². The van der Waals surface area contributed by atoms with Crippen LogP contribution in [0.1, 0.15) is 24.5 Å². The first-order valence-corrected chi connectivity index (χ1v) is 8.44. The van der Waals surface area contributed by atoms with Gasteiger partial charge in [-0.05, 0) is 12.8 Å². The molecule has 1 saturated carbocycles. The largest absolute Gasteiger partial charge is 0.322 e. The molecule has 3 heterocycles. The number of halogens is 1. The normalized spacial score (nSPS) is 13.9. The molecule has 0 saturated heterocycles. The van der Waals surface area contributed by atoms with E-state index in [4.69, 9.17) is 11.6 Å². The highest BCUT2D eigenvalue weighted by molar-refractivity contribution is 7.13. The average molecular weight is 363 g/mol. The van der Waals surface area contributed by atoms with E-state index in [0.717, 1.165) is 5.69 Å². The van der Waals surface area contributed by atoms with E-state index in [-0.39, 0.29) is 5.69 Å². The lowest BCUT2D eigenvalue weighted by Gasteiger charge is -2.05. The molecule has 0 atom stereocenters. The first-order chi connectivity index (χ1) is 11.6. The molecule has 10 heteroatoms. The van der Waals surface area contributed by atoms with Gasteiger partial charge in [-0.1, -0.05) is 11.6 Å². The lowest BCUT2D eigenvalue weighted by Crippen LogP contribution is -1.98. The molecule has 2 N–H and O–H groups in total. The Hall–Kier alpha value is -2.52. The Balaban J connectivity index is 1.61. The molecule has 3 aromatic heterocycles. The van der Waals surface area contributed by atoms with Crippen molar-refractivity contribution in [3.63, 3.8) is 0 Å². The maximum absolute atomic E-state index is 10.8. The summed E-state index contributed by atoms with van der Waals surface area (Å²) in [4.78, 5) is 19.5. The SMILES string of the molecule is O=[N+]([O-])c1csc(-c2ncc(Cl)c(Nc3cc(C4CC4)[nH]n3)n2)c1. The van der Waals surface area contributed by atoms with Crippen molar-refractivity contribution < 1.29 is 4.92 Å². The molecule has 0 aromatic carbocycles. The van der Waals surface area contributed by atoms with Crippen LogP contribution < -0.4 is 5.32 Å². The number of nitrogens with zero attached hydrogens (tertiary/aromatic N) is 4. The van der Waals surface area contributed by atoms with Crippen LogP contribution in [0.5, 0.6) is 0 Å². The quantitative estimate of drug-likeness (QED) is 0.522. The molecule has 1 aliphatic rings. The first kappa shape index (κ1) is 15.0. The summed E-state index contributed by atoms with van der Waals surface area (Å²) in [6.45, 7) is 0. The smallest absolute Gasteiger partial charge is 0.280 e. The molecule has 1 fully saturated rings. The summed E-state index contributed by atoms with van der Waals surface area (Å²) < 4.78 is 0. The number of thiophene rings is 1. The minimum Gasteiger partial charge on any atom is -0.322 e. The molecule has 0 amide bonds. The predicted molar refractivity (Wildman–Crippen MR) is 90.9 cm³/mol. The predicted octanol–water partition coefficient (Wildman–Crippen LogP) is 4.11. The van der Waals surface area contributed by atoms with Crippen LogP contribution in [0.3, 0.4) is 0 Å². The van der Waals surface area contributed by atoms with Gasteiger partial charge < -0.3 is 5.32 Å². The molecule has 8 nitrogen and oxygen atoms in total. The fourth-order valence-electron chi connectivity index (χ4n) is 2.24. The van der Waals surface area contributed by atoms with E-state index in [1.165, 1.54) is 41.8 Å². The molecular weight excluding hydrogens is 352 g/mol. The molecule has 0 bridgehead atoms. The Bertz CT molecular complexity index is 920. The number of aromatic nitrogens is 4. The van der Waals surface area contributed by atoms with E-state index in [0.29, 0.717) is 33.3 Å². The van der Waals surface area contributed by atoms with Gasteiger partial charge in [-0.15, -0.1) is 11.3 Å². The fourth-order valence-corrected chi connectivity index (χ4v) is 3.17. The monoisotopic (exact) mass is 362 g/mol. The molecule has 0 radical (unpaired) electrons. The molecule has 4 rings (SSSR count). The van der Waals surface area contributed by atoms with Crippen LogP contribution >= 0.6 is 22.9 Å². The van der Waals surface area contributed by atoms with Crippen LogP contribution in [0.2, 0.25) is 5.02 Å². The second-order valence-electron chi connectivity index (χ2n) is 5.42. The lowest BCUT2D eigenvalue weighted by atomic mass is 10.3. The van der Waals surface area contributed by atoms with E-state index >= 15 is 0 Å². The Morgan fingerprint density at radius 1 is 1.42 bits per heavy atom. The van der Waals surface area contributed by atoms with Crippen molar-refractivity contribution in [2.45, 2.75) is 18.8 Å². The third-order valence-electron chi connectivity index (χ3n) is 3.62. The van der Waals surface area contributed by atoms with Crippen molar-refractivity contribution in [3.05, 3.63) is 44.5 Å². The zero-order valence-corrected chi connectivity index (χ0v) is 13.8. The van der Waals surface area contributed by atoms with Crippen molar-refractivity contribution in [3.8, 4) is 10.7 Å². The summed E-state index contributed by atoms with van der Waals surface area (Å²) in [5.41, 5.74) is 1.11. The van der Waals surface area contributed by atoms with Crippen LogP contribution in [-0.4, -0.2) is 25.1 Å². The van der Waals surface area contributed by atoms with Crippen molar-refractivity contribution in [1.82, 2.24) is 20.2 Å². The second-order valence-corrected chi connectivity index (χ2v) is 6.74. The molecule has 24 heavy (non-hydrogen) atoms. The third-order valence-corrected chi connectivity index (χ3v) is 4.81. The number of aromatic amines is 1. The van der Waals surface area contributed by atoms with Gasteiger partial charge >= 0.3 is 0 Å². The molecule has 0 aliphatic heterocycles. The highest BCUT2D eigenvalue weighted by Crippen LogP contribution is 2.40. The minimum absolute atomic E-state index is 0.0180. The van der Waals surface area contributed by atoms with E-state index < -0.39 is 4.92 Å². The molecule has 0 spiro atoms. The van der Waals surface area contributed by atoms with E-state index in [9.17, 15) is 10.1 Å². The van der Waals surface area contributed by atoms with E-state index in [2.05, 4.69) is 25.5 Å². The number of nitro groups is 1. The summed E-state index contributed by atoms with van der Waals surface area (Å²) in [6.07, 6.45) is 3.82. The van der Waals surface area contributed by atoms with Crippen LogP contribution in [0.4, 0.5) is 17.3 Å². The fraction of sp³-hybridized carbons (Fsp3) is 0.214. The maximum atomic E-state index is 10.8. The van der Waals surface area contributed by atoms with Gasteiger partial charge in [0.1, 0.15) is 5.02 Å². The zero-order valence-electron chi connectivity index (χ0n) is 12.2. The van der Waals surface area contributed by atoms with Gasteiger partial charge in [0, 0.05) is 23.7 Å². The highest BCUT2D eigenvalue weighted by atomic mass is 35.5. The summed E-state index contributed by atoms with van der Waals surface area (Å²) in [5.74, 6) is 1.97. The molecule has 1 aliphatic carbocycles. The number of anilines is 2. The van der Waals surface area contributed by atoms with Gasteiger partial charge in [-0.2, -0.15) is 5.10 Å². The van der Waals surface area contributed by atoms with Crippen LogP contribution in [0.25, 0.3) is 10.7 Å². The van der Waals surface area contributed by atoms with Gasteiger partial charge in [-0.25, -0.2) is 9.97 Å². The van der Waals surface area contributed by atoms with Crippen LogP contribution in [0, 0.1) is 10.1 Å². The Morgan fingerprint density at radius 2 is 2.25 bits per heavy atom. The number of nitrogens with one attached hydrogen (secondary N) is 2. The molecule has 3 aromatic rings. The summed E-state index contributed by atoms with van der Waals surface area (Å²) >= 11 is 7.35. The van der Waals surface area contributed by atoms with Crippen LogP contribution in [0.15, 0.2) is 23.7 Å². The number of H-pyrrole nitrogens is 1. The maximum Gasteiger partial charge on any atom is 0.280 e. The van der Waals surface area contributed by atoms with Gasteiger partial charge in [0.2, 0.25) is 0 Å². The molecule has 122 valence electrons. The number of hydrogen-bond donors (Lipinski definition) is 2. The summed E-state index contributed by atoms with van der Waals surface area (Å²) in [6, 6.07) is 3.38. The lowest BCUT2D eigenvalue weighted by molar-refractivity contribution is -0.384. The van der Waals surface area contributed by atoms with Gasteiger partial charge in [0.15, 0.2) is 17.5 Å². The Morgan fingerprint density at radius 3 is 2.96 bits per heavy atom. The van der Waals surface area contributed by atoms with Crippen molar-refractivity contribution in [1.29, 1.82) is 0 Å². The number of rotatable bonds is 5. The van der Waals surface area contributed by atoms with Gasteiger partial charge in [0.25, 0.3) is 5.69 Å². The van der Waals surface area contributed by atoms with Crippen molar-refractivity contribution >= 4 is 40.3 Å². The number of hydrogen-bond acceptors (Lipinski definition) is 7. The summed E-state index contributed by atoms with van der Waals surface area (Å²) in [7, 11) is 0. The minimum atomic E-state index is -0.446.